The van der Waals surface area contributed by atoms with Gasteiger partial charge in [0, 0.05) is 0 Å². The van der Waals surface area contributed by atoms with E-state index in [0.29, 0.717) is 15.6 Å². The van der Waals surface area contributed by atoms with E-state index in [2.05, 4.69) is 10.3 Å². The Morgan fingerprint density at radius 2 is 2.20 bits per heavy atom. The number of carboxylic acid groups (broad SMARTS) is 1. The zero-order valence-electron chi connectivity index (χ0n) is 11.0. The lowest BCUT2D eigenvalue weighted by atomic mass is 10.0. The van der Waals surface area contributed by atoms with Crippen LogP contribution >= 0.6 is 11.3 Å². The van der Waals surface area contributed by atoms with Gasteiger partial charge in [0.25, 0.3) is 5.91 Å². The zero-order valence-corrected chi connectivity index (χ0v) is 11.8. The molecule has 0 saturated carbocycles. The molecule has 2 heterocycles. The SMILES string of the molecule is CC(C)C(NC(=O)c1cnc(-c2ccco2)s1)C(=O)O. The Labute approximate surface area is 119 Å². The van der Waals surface area contributed by atoms with Gasteiger partial charge in [0.15, 0.2) is 10.8 Å². The summed E-state index contributed by atoms with van der Waals surface area (Å²) < 4.78 is 5.19. The van der Waals surface area contributed by atoms with Crippen LogP contribution in [0.25, 0.3) is 10.8 Å². The van der Waals surface area contributed by atoms with Crippen molar-refractivity contribution in [3.63, 3.8) is 0 Å². The maximum absolute atomic E-state index is 12.0. The van der Waals surface area contributed by atoms with Gasteiger partial charge in [-0.05, 0) is 18.1 Å². The standard InChI is InChI=1S/C13H14N2O4S/c1-7(2)10(13(17)18)15-11(16)9-6-14-12(20-9)8-4-3-5-19-8/h3-7,10H,1-2H3,(H,15,16)(H,17,18). The van der Waals surface area contributed by atoms with Crippen molar-refractivity contribution in [2.75, 3.05) is 0 Å². The first-order chi connectivity index (χ1) is 9.49. The minimum absolute atomic E-state index is 0.200. The van der Waals surface area contributed by atoms with Crippen LogP contribution in [-0.2, 0) is 4.79 Å². The van der Waals surface area contributed by atoms with Crippen molar-refractivity contribution in [2.24, 2.45) is 5.92 Å². The third-order valence-corrected chi connectivity index (χ3v) is 3.69. The molecular formula is C13H14N2O4S. The number of amides is 1. The molecule has 0 saturated heterocycles. The molecule has 6 nitrogen and oxygen atoms in total. The summed E-state index contributed by atoms with van der Waals surface area (Å²) in [5.74, 6) is -1.12. The quantitative estimate of drug-likeness (QED) is 0.882. The smallest absolute Gasteiger partial charge is 0.326 e. The molecule has 0 aliphatic heterocycles. The van der Waals surface area contributed by atoms with Crippen LogP contribution in [0.5, 0.6) is 0 Å². The molecule has 0 radical (unpaired) electrons. The fraction of sp³-hybridized carbons (Fsp3) is 0.308. The van der Waals surface area contributed by atoms with Gasteiger partial charge in [0.05, 0.1) is 12.5 Å². The fourth-order valence-electron chi connectivity index (χ4n) is 1.62. The van der Waals surface area contributed by atoms with Crippen molar-refractivity contribution in [3.8, 4) is 10.8 Å². The second kappa shape index (κ2) is 5.87. The van der Waals surface area contributed by atoms with Crippen LogP contribution in [0, 0.1) is 5.92 Å². The molecule has 0 bridgehead atoms. The van der Waals surface area contributed by atoms with Crippen LogP contribution in [-0.4, -0.2) is 28.0 Å². The predicted octanol–water partition coefficient (Wildman–Crippen LogP) is 2.24. The normalized spacial score (nSPS) is 12.3. The molecule has 0 aliphatic carbocycles. The Bertz CT molecular complexity index is 604. The van der Waals surface area contributed by atoms with Crippen molar-refractivity contribution in [3.05, 3.63) is 29.5 Å². The molecule has 106 valence electrons. The summed E-state index contributed by atoms with van der Waals surface area (Å²) in [4.78, 5) is 27.5. The van der Waals surface area contributed by atoms with Gasteiger partial charge in [-0.25, -0.2) is 9.78 Å². The summed E-state index contributed by atoms with van der Waals surface area (Å²) in [6.07, 6.45) is 2.94. The predicted molar refractivity (Wildman–Crippen MR) is 73.5 cm³/mol. The van der Waals surface area contributed by atoms with Gasteiger partial charge in [0.1, 0.15) is 10.9 Å². The Morgan fingerprint density at radius 3 is 2.75 bits per heavy atom. The molecule has 1 amide bonds. The molecule has 0 fully saturated rings. The first-order valence-electron chi connectivity index (χ1n) is 6.02. The number of thiazole rings is 1. The highest BCUT2D eigenvalue weighted by molar-refractivity contribution is 7.16. The van der Waals surface area contributed by atoms with E-state index >= 15 is 0 Å². The van der Waals surface area contributed by atoms with E-state index < -0.39 is 17.9 Å². The van der Waals surface area contributed by atoms with E-state index in [1.807, 2.05) is 0 Å². The molecule has 2 aromatic rings. The van der Waals surface area contributed by atoms with E-state index in [1.165, 1.54) is 12.5 Å². The van der Waals surface area contributed by atoms with Crippen LogP contribution in [0.3, 0.4) is 0 Å². The largest absolute Gasteiger partial charge is 0.480 e. The Kier molecular flexibility index (Phi) is 4.19. The number of carboxylic acids is 1. The zero-order chi connectivity index (χ0) is 14.7. The van der Waals surface area contributed by atoms with E-state index in [0.717, 1.165) is 11.3 Å². The maximum atomic E-state index is 12.0. The molecule has 2 rings (SSSR count). The molecule has 0 aromatic carbocycles. The second-order valence-corrected chi connectivity index (χ2v) is 5.57. The van der Waals surface area contributed by atoms with E-state index in [-0.39, 0.29) is 5.92 Å². The number of furan rings is 1. The first kappa shape index (κ1) is 14.3. The number of aromatic nitrogens is 1. The van der Waals surface area contributed by atoms with Crippen molar-refractivity contribution < 1.29 is 19.1 Å². The third kappa shape index (κ3) is 3.05. The van der Waals surface area contributed by atoms with Crippen LogP contribution in [0.1, 0.15) is 23.5 Å². The summed E-state index contributed by atoms with van der Waals surface area (Å²) in [7, 11) is 0. The number of nitrogens with zero attached hydrogens (tertiary/aromatic N) is 1. The summed E-state index contributed by atoms with van der Waals surface area (Å²) in [5, 5.41) is 12.1. The van der Waals surface area contributed by atoms with Crippen LogP contribution < -0.4 is 5.32 Å². The number of carbonyl (C=O) groups excluding carboxylic acids is 1. The Hall–Kier alpha value is -2.15. The van der Waals surface area contributed by atoms with Crippen LogP contribution in [0.4, 0.5) is 0 Å². The average Bonchev–Trinajstić information content (AvgIpc) is 3.04. The number of nitrogens with one attached hydrogen (secondary N) is 1. The van der Waals surface area contributed by atoms with Gasteiger partial charge >= 0.3 is 5.97 Å². The monoisotopic (exact) mass is 294 g/mol. The summed E-state index contributed by atoms with van der Waals surface area (Å²) in [6, 6.07) is 2.56. The highest BCUT2D eigenvalue weighted by atomic mass is 32.1. The van der Waals surface area contributed by atoms with Crippen LogP contribution in [0.15, 0.2) is 29.0 Å². The molecular weight excluding hydrogens is 280 g/mol. The van der Waals surface area contributed by atoms with E-state index in [4.69, 9.17) is 9.52 Å². The van der Waals surface area contributed by atoms with E-state index in [9.17, 15) is 9.59 Å². The molecule has 0 spiro atoms. The fourth-order valence-corrected chi connectivity index (χ4v) is 2.41. The highest BCUT2D eigenvalue weighted by Crippen LogP contribution is 2.25. The van der Waals surface area contributed by atoms with Gasteiger partial charge in [-0.2, -0.15) is 0 Å². The molecule has 2 N–H and O–H groups in total. The number of carbonyl (C=O) groups is 2. The van der Waals surface area contributed by atoms with Gasteiger partial charge in [-0.1, -0.05) is 13.8 Å². The van der Waals surface area contributed by atoms with Gasteiger partial charge < -0.3 is 14.8 Å². The van der Waals surface area contributed by atoms with Crippen LogP contribution in [0.2, 0.25) is 0 Å². The van der Waals surface area contributed by atoms with Gasteiger partial charge in [0.2, 0.25) is 0 Å². The number of aliphatic carboxylic acids is 1. The lowest BCUT2D eigenvalue weighted by molar-refractivity contribution is -0.140. The molecule has 7 heteroatoms. The maximum Gasteiger partial charge on any atom is 0.326 e. The summed E-state index contributed by atoms with van der Waals surface area (Å²) >= 11 is 1.15. The molecule has 0 aliphatic rings. The number of hydrogen-bond donors (Lipinski definition) is 2. The topological polar surface area (TPSA) is 92.4 Å². The van der Waals surface area contributed by atoms with Crippen molar-refractivity contribution >= 4 is 23.2 Å². The molecule has 2 aromatic heterocycles. The first-order valence-corrected chi connectivity index (χ1v) is 6.84. The third-order valence-electron chi connectivity index (χ3n) is 2.68. The highest BCUT2D eigenvalue weighted by Gasteiger charge is 2.25. The summed E-state index contributed by atoms with van der Waals surface area (Å²) in [6.45, 7) is 3.47. The van der Waals surface area contributed by atoms with Crippen molar-refractivity contribution in [2.45, 2.75) is 19.9 Å². The Balaban J connectivity index is 2.12. The van der Waals surface area contributed by atoms with Gasteiger partial charge in [-0.15, -0.1) is 11.3 Å². The number of rotatable bonds is 5. The lowest BCUT2D eigenvalue weighted by Crippen LogP contribution is -2.44. The minimum Gasteiger partial charge on any atom is -0.480 e. The lowest BCUT2D eigenvalue weighted by Gasteiger charge is -2.16. The molecule has 20 heavy (non-hydrogen) atoms. The molecule has 1 unspecified atom stereocenters. The van der Waals surface area contributed by atoms with Gasteiger partial charge in [-0.3, -0.25) is 4.79 Å². The van der Waals surface area contributed by atoms with E-state index in [1.54, 1.807) is 26.0 Å². The molecule has 1 atom stereocenters. The second-order valence-electron chi connectivity index (χ2n) is 4.54. The minimum atomic E-state index is -1.05. The van der Waals surface area contributed by atoms with Crippen molar-refractivity contribution in [1.29, 1.82) is 0 Å². The number of hydrogen-bond acceptors (Lipinski definition) is 5. The van der Waals surface area contributed by atoms with Crippen molar-refractivity contribution in [1.82, 2.24) is 10.3 Å². The Morgan fingerprint density at radius 1 is 1.45 bits per heavy atom. The average molecular weight is 294 g/mol. The summed E-state index contributed by atoms with van der Waals surface area (Å²) in [5.41, 5.74) is 0.